The molecule has 0 saturated heterocycles. The lowest BCUT2D eigenvalue weighted by atomic mass is 9.81. The summed E-state index contributed by atoms with van der Waals surface area (Å²) < 4.78 is 0. The van der Waals surface area contributed by atoms with Crippen LogP contribution in [0.5, 0.6) is 0 Å². The monoisotopic (exact) mass is 1040 g/mol. The number of nitriles is 1. The summed E-state index contributed by atoms with van der Waals surface area (Å²) in [6.07, 6.45) is 9.08. The standard InChI is InChI=1S/C77H62N4/c1-49-14-10-12-16-73(49)80(57-30-22-55(48-78)23-31-57)59-34-40-65-63-38-26-53(44-69(63)76(5,6)71(65)46-59)20-18-51-24-36-61-62-37-25-52(43-68(62)75(3,4)67(61)42-51)19-21-54-27-39-64-66-41-35-60(47-72(66)77(7,8)70(64)45-54)81(74-17-13-11-15-50(74)2)58-32-28-56(79-9)29-33-58/h10-47H,1-8H3. The van der Waals surface area contributed by atoms with E-state index >= 15 is 0 Å². The van der Waals surface area contributed by atoms with E-state index in [1.165, 1.54) is 100 Å². The van der Waals surface area contributed by atoms with Gasteiger partial charge in [-0.2, -0.15) is 5.26 Å². The summed E-state index contributed by atoms with van der Waals surface area (Å²) in [4.78, 5) is 8.28. The number of aryl methyl sites for hydroxylation is 2. The van der Waals surface area contributed by atoms with Crippen LogP contribution >= 0.6 is 0 Å². The Labute approximate surface area is 477 Å². The molecule has 10 aromatic carbocycles. The topological polar surface area (TPSA) is 34.6 Å². The zero-order valence-corrected chi connectivity index (χ0v) is 47.2. The third kappa shape index (κ3) is 8.50. The van der Waals surface area contributed by atoms with Crippen LogP contribution < -0.4 is 9.80 Å². The molecule has 13 rings (SSSR count). The molecule has 0 radical (unpaired) electrons. The van der Waals surface area contributed by atoms with Crippen molar-refractivity contribution in [3.63, 3.8) is 0 Å². The first kappa shape index (κ1) is 50.7. The largest absolute Gasteiger partial charge is 0.310 e. The van der Waals surface area contributed by atoms with Gasteiger partial charge in [-0.1, -0.05) is 199 Å². The fraction of sp³-hybridized carbons (Fsp3) is 0.143. The van der Waals surface area contributed by atoms with Crippen LogP contribution in [0.3, 0.4) is 0 Å². The zero-order chi connectivity index (χ0) is 56.0. The van der Waals surface area contributed by atoms with Crippen LogP contribution in [-0.2, 0) is 16.2 Å². The zero-order valence-electron chi connectivity index (χ0n) is 47.2. The van der Waals surface area contributed by atoms with Gasteiger partial charge in [-0.25, -0.2) is 4.85 Å². The van der Waals surface area contributed by atoms with Crippen molar-refractivity contribution in [1.29, 1.82) is 5.26 Å². The number of hydrogen-bond donors (Lipinski definition) is 0. The Balaban J connectivity index is 0.732. The van der Waals surface area contributed by atoms with Crippen molar-refractivity contribution in [3.8, 4) is 39.4 Å². The van der Waals surface area contributed by atoms with E-state index in [1.807, 2.05) is 36.4 Å². The minimum atomic E-state index is -0.220. The first-order chi connectivity index (χ1) is 39.1. The summed E-state index contributed by atoms with van der Waals surface area (Å²) >= 11 is 0. The molecule has 0 saturated carbocycles. The number of fused-ring (bicyclic) bond motifs is 9. The van der Waals surface area contributed by atoms with Gasteiger partial charge in [0.2, 0.25) is 0 Å². The number of nitrogens with zero attached hydrogens (tertiary/aromatic N) is 4. The molecule has 0 N–H and O–H groups in total. The Morgan fingerprint density at radius 1 is 0.370 bits per heavy atom. The smallest absolute Gasteiger partial charge is 0.187 e. The molecular formula is C77H62N4. The predicted molar refractivity (Wildman–Crippen MR) is 340 cm³/mol. The van der Waals surface area contributed by atoms with Crippen molar-refractivity contribution in [3.05, 3.63) is 290 Å². The van der Waals surface area contributed by atoms with Gasteiger partial charge in [0.25, 0.3) is 0 Å². The van der Waals surface area contributed by atoms with Crippen molar-refractivity contribution in [2.24, 2.45) is 0 Å². The van der Waals surface area contributed by atoms with Crippen LogP contribution in [0, 0.1) is 31.8 Å². The fourth-order valence-electron chi connectivity index (χ4n) is 13.2. The molecule has 81 heavy (non-hydrogen) atoms. The second kappa shape index (κ2) is 19.3. The van der Waals surface area contributed by atoms with Gasteiger partial charge in [0, 0.05) is 50.4 Å². The molecule has 4 heteroatoms. The molecule has 0 atom stereocenters. The molecule has 0 unspecified atom stereocenters. The molecule has 0 aliphatic heterocycles. The van der Waals surface area contributed by atoms with Gasteiger partial charge >= 0.3 is 0 Å². The second-order valence-electron chi connectivity index (χ2n) is 23.8. The molecule has 0 amide bonds. The lowest BCUT2D eigenvalue weighted by molar-refractivity contribution is 0.660. The molecule has 3 aliphatic carbocycles. The summed E-state index contributed by atoms with van der Waals surface area (Å²) in [5, 5.41) is 9.56. The summed E-state index contributed by atoms with van der Waals surface area (Å²) in [5.74, 6) is 0. The molecule has 390 valence electrons. The summed E-state index contributed by atoms with van der Waals surface area (Å²) in [6.45, 7) is 26.0. The van der Waals surface area contributed by atoms with E-state index in [4.69, 9.17) is 6.57 Å². The van der Waals surface area contributed by atoms with Crippen LogP contribution in [0.1, 0.15) is 114 Å². The van der Waals surface area contributed by atoms with Gasteiger partial charge in [0.1, 0.15) is 0 Å². The fourth-order valence-corrected chi connectivity index (χ4v) is 13.2. The molecule has 0 spiro atoms. The Morgan fingerprint density at radius 2 is 0.667 bits per heavy atom. The molecular weight excluding hydrogens is 981 g/mol. The minimum Gasteiger partial charge on any atom is -0.310 e. The predicted octanol–water partition coefficient (Wildman–Crippen LogP) is 20.9. The van der Waals surface area contributed by atoms with Crippen LogP contribution in [0.15, 0.2) is 206 Å². The number of para-hydroxylation sites is 2. The first-order valence-electron chi connectivity index (χ1n) is 28.1. The van der Waals surface area contributed by atoms with Crippen molar-refractivity contribution in [2.75, 3.05) is 9.80 Å². The number of hydrogen-bond acceptors (Lipinski definition) is 3. The van der Waals surface area contributed by atoms with E-state index < -0.39 is 0 Å². The lowest BCUT2D eigenvalue weighted by Crippen LogP contribution is -2.17. The summed E-state index contributed by atoms with van der Waals surface area (Å²) in [6, 6.07) is 76.7. The quantitative estimate of drug-likeness (QED) is 0.101. The van der Waals surface area contributed by atoms with Gasteiger partial charge in [-0.3, -0.25) is 0 Å². The Bertz CT molecular complexity index is 4080. The SMILES string of the molecule is [C-]#[N+]c1ccc(N(c2ccc3c(c2)C(C)(C)c2cc(C=Cc4ccc5c(c4)C(C)(C)c4cc(C=Cc6ccc7c(c6)C(C)(C)c6cc(N(c8ccc(C#N)cc8)c8ccccc8C)ccc6-7)ccc4-5)ccc2-3)c2ccccc2C)cc1. The van der Waals surface area contributed by atoms with Crippen molar-refractivity contribution >= 4 is 64.1 Å². The molecule has 3 aliphatic rings. The normalized spacial score (nSPS) is 14.3. The third-order valence-electron chi connectivity index (χ3n) is 17.7. The van der Waals surface area contributed by atoms with Crippen LogP contribution in [0.2, 0.25) is 0 Å². The summed E-state index contributed by atoms with van der Waals surface area (Å²) in [5.41, 5.74) is 30.0. The molecule has 0 heterocycles. The summed E-state index contributed by atoms with van der Waals surface area (Å²) in [7, 11) is 0. The van der Waals surface area contributed by atoms with Crippen molar-refractivity contribution in [2.45, 2.75) is 71.6 Å². The maximum atomic E-state index is 9.56. The van der Waals surface area contributed by atoms with Crippen LogP contribution in [-0.4, -0.2) is 0 Å². The number of anilines is 6. The van der Waals surface area contributed by atoms with Crippen molar-refractivity contribution in [1.82, 2.24) is 0 Å². The molecule has 4 nitrogen and oxygen atoms in total. The van der Waals surface area contributed by atoms with E-state index in [-0.39, 0.29) is 16.2 Å². The first-order valence-corrected chi connectivity index (χ1v) is 28.1. The highest BCUT2D eigenvalue weighted by molar-refractivity contribution is 5.91. The van der Waals surface area contributed by atoms with Crippen molar-refractivity contribution < 1.29 is 0 Å². The maximum absolute atomic E-state index is 9.56. The van der Waals surface area contributed by atoms with Gasteiger partial charge in [0.05, 0.1) is 18.2 Å². The van der Waals surface area contributed by atoms with Crippen LogP contribution in [0.4, 0.5) is 39.8 Å². The van der Waals surface area contributed by atoms with E-state index in [0.29, 0.717) is 11.3 Å². The molecule has 10 aromatic rings. The average molecular weight is 1040 g/mol. The van der Waals surface area contributed by atoms with E-state index in [9.17, 15) is 5.26 Å². The third-order valence-corrected chi connectivity index (χ3v) is 17.7. The highest BCUT2D eigenvalue weighted by atomic mass is 15.1. The molecule has 0 fully saturated rings. The van der Waals surface area contributed by atoms with Gasteiger partial charge in [-0.05, 0) is 187 Å². The molecule has 0 bridgehead atoms. The van der Waals surface area contributed by atoms with Gasteiger partial charge < -0.3 is 9.80 Å². The average Bonchev–Trinajstić information content (AvgIpc) is 3.94. The van der Waals surface area contributed by atoms with E-state index in [0.717, 1.165) is 34.1 Å². The second-order valence-corrected chi connectivity index (χ2v) is 23.8. The van der Waals surface area contributed by atoms with Crippen LogP contribution in [0.25, 0.3) is 62.5 Å². The Kier molecular flexibility index (Phi) is 12.1. The number of rotatable bonds is 10. The maximum Gasteiger partial charge on any atom is 0.187 e. The van der Waals surface area contributed by atoms with E-state index in [1.54, 1.807) is 0 Å². The lowest BCUT2D eigenvalue weighted by Gasteiger charge is -2.29. The Hall–Kier alpha value is -9.74. The highest BCUT2D eigenvalue weighted by Crippen LogP contribution is 2.54. The number of benzene rings is 10. The molecule has 0 aromatic heterocycles. The van der Waals surface area contributed by atoms with E-state index in [2.05, 4.69) is 270 Å². The van der Waals surface area contributed by atoms with Gasteiger partial charge in [0.15, 0.2) is 5.69 Å². The Morgan fingerprint density at radius 3 is 0.988 bits per heavy atom. The minimum absolute atomic E-state index is 0.173. The van der Waals surface area contributed by atoms with Gasteiger partial charge in [-0.15, -0.1) is 0 Å². The highest BCUT2D eigenvalue weighted by Gasteiger charge is 2.39.